The summed E-state index contributed by atoms with van der Waals surface area (Å²) < 4.78 is 0. The lowest BCUT2D eigenvalue weighted by atomic mass is 10.1. The third-order valence-electron chi connectivity index (χ3n) is 3.73. The van der Waals surface area contributed by atoms with Crippen LogP contribution < -0.4 is 0 Å². The summed E-state index contributed by atoms with van der Waals surface area (Å²) in [6, 6.07) is 18.5. The van der Waals surface area contributed by atoms with E-state index in [9.17, 15) is 0 Å². The maximum atomic E-state index is 4.83. The Kier molecular flexibility index (Phi) is 4.25. The van der Waals surface area contributed by atoms with Crippen LogP contribution in [0.4, 0.5) is 0 Å². The fourth-order valence-corrected chi connectivity index (χ4v) is 2.59. The minimum absolute atomic E-state index is 0.834. The van der Waals surface area contributed by atoms with Gasteiger partial charge in [-0.25, -0.2) is 9.97 Å². The number of hydrogen-bond donors (Lipinski definition) is 0. The zero-order valence-corrected chi connectivity index (χ0v) is 12.4. The van der Waals surface area contributed by atoms with Crippen LogP contribution in [0.3, 0.4) is 0 Å². The number of nitrogens with zero attached hydrogens (tertiary/aromatic N) is 2. The first-order valence-corrected chi connectivity index (χ1v) is 7.69. The zero-order chi connectivity index (χ0) is 14.5. The van der Waals surface area contributed by atoms with Crippen molar-refractivity contribution in [3.63, 3.8) is 0 Å². The van der Waals surface area contributed by atoms with Crippen molar-refractivity contribution in [3.05, 3.63) is 60.3 Å². The maximum Gasteiger partial charge on any atom is 0.160 e. The van der Waals surface area contributed by atoms with Gasteiger partial charge in [0.05, 0.1) is 11.2 Å². The fourth-order valence-electron chi connectivity index (χ4n) is 2.59. The maximum absolute atomic E-state index is 4.83. The summed E-state index contributed by atoms with van der Waals surface area (Å²) in [5.74, 6) is 0.834. The molecule has 0 radical (unpaired) electrons. The Morgan fingerprint density at radius 3 is 2.38 bits per heavy atom. The molecule has 0 atom stereocenters. The van der Waals surface area contributed by atoms with Gasteiger partial charge in [0, 0.05) is 10.9 Å². The molecule has 0 N–H and O–H groups in total. The summed E-state index contributed by atoms with van der Waals surface area (Å²) >= 11 is 0. The van der Waals surface area contributed by atoms with E-state index in [1.54, 1.807) is 0 Å². The molecule has 3 aromatic rings. The highest BCUT2D eigenvalue weighted by molar-refractivity contribution is 5.82. The zero-order valence-electron chi connectivity index (χ0n) is 12.4. The number of para-hydroxylation sites is 1. The molecule has 3 rings (SSSR count). The molecule has 0 saturated heterocycles. The van der Waals surface area contributed by atoms with E-state index in [-0.39, 0.29) is 0 Å². The van der Waals surface area contributed by atoms with Gasteiger partial charge < -0.3 is 0 Å². The van der Waals surface area contributed by atoms with Crippen molar-refractivity contribution < 1.29 is 0 Å². The third kappa shape index (κ3) is 3.10. The standard InChI is InChI=1S/C19H20N2/c1-2-3-5-13-17-16-12-8-9-14-18(16)21-19(20-17)15-10-6-4-7-11-15/h4,6-12,14H,2-3,5,13H2,1H3. The van der Waals surface area contributed by atoms with Gasteiger partial charge in [-0.3, -0.25) is 0 Å². The van der Waals surface area contributed by atoms with Crippen molar-refractivity contribution in [1.82, 2.24) is 9.97 Å². The molecule has 21 heavy (non-hydrogen) atoms. The SMILES string of the molecule is CCCCCc1nc(-c2ccccc2)nc2ccccc12. The van der Waals surface area contributed by atoms with Gasteiger partial charge in [-0.2, -0.15) is 0 Å². The van der Waals surface area contributed by atoms with Gasteiger partial charge in [-0.1, -0.05) is 68.3 Å². The number of benzene rings is 2. The van der Waals surface area contributed by atoms with Gasteiger partial charge in [0.1, 0.15) is 0 Å². The Morgan fingerprint density at radius 2 is 1.57 bits per heavy atom. The molecule has 0 amide bonds. The highest BCUT2D eigenvalue weighted by atomic mass is 14.9. The highest BCUT2D eigenvalue weighted by Crippen LogP contribution is 2.22. The molecule has 0 bridgehead atoms. The van der Waals surface area contributed by atoms with E-state index in [0.717, 1.165) is 23.3 Å². The summed E-state index contributed by atoms with van der Waals surface area (Å²) in [5, 5.41) is 1.19. The largest absolute Gasteiger partial charge is 0.232 e. The van der Waals surface area contributed by atoms with Crippen molar-refractivity contribution in [3.8, 4) is 11.4 Å². The van der Waals surface area contributed by atoms with Crippen LogP contribution in [-0.4, -0.2) is 9.97 Å². The van der Waals surface area contributed by atoms with Gasteiger partial charge >= 0.3 is 0 Å². The molecule has 0 saturated carbocycles. The minimum atomic E-state index is 0.834. The molecule has 0 aliphatic carbocycles. The molecule has 106 valence electrons. The quantitative estimate of drug-likeness (QED) is 0.611. The Labute approximate surface area is 125 Å². The van der Waals surface area contributed by atoms with E-state index >= 15 is 0 Å². The molecular formula is C19H20N2. The molecular weight excluding hydrogens is 256 g/mol. The Morgan fingerprint density at radius 1 is 0.810 bits per heavy atom. The van der Waals surface area contributed by atoms with Crippen molar-refractivity contribution in [2.45, 2.75) is 32.6 Å². The van der Waals surface area contributed by atoms with E-state index in [0.29, 0.717) is 0 Å². The molecule has 0 unspecified atom stereocenters. The van der Waals surface area contributed by atoms with E-state index in [4.69, 9.17) is 9.97 Å². The van der Waals surface area contributed by atoms with E-state index in [1.807, 2.05) is 24.3 Å². The smallest absolute Gasteiger partial charge is 0.160 e. The number of rotatable bonds is 5. The first-order chi connectivity index (χ1) is 10.4. The highest BCUT2D eigenvalue weighted by Gasteiger charge is 2.08. The van der Waals surface area contributed by atoms with Crippen molar-refractivity contribution in [1.29, 1.82) is 0 Å². The normalized spacial score (nSPS) is 10.9. The number of hydrogen-bond acceptors (Lipinski definition) is 2. The lowest BCUT2D eigenvalue weighted by Gasteiger charge is -2.08. The lowest BCUT2D eigenvalue weighted by Crippen LogP contribution is -1.98. The molecule has 0 spiro atoms. The molecule has 2 aromatic carbocycles. The monoisotopic (exact) mass is 276 g/mol. The number of unbranched alkanes of at least 4 members (excludes halogenated alkanes) is 2. The average molecular weight is 276 g/mol. The summed E-state index contributed by atoms with van der Waals surface area (Å²) in [5.41, 5.74) is 3.30. The number of aryl methyl sites for hydroxylation is 1. The molecule has 2 heteroatoms. The second kappa shape index (κ2) is 6.49. The van der Waals surface area contributed by atoms with Gasteiger partial charge in [0.2, 0.25) is 0 Å². The van der Waals surface area contributed by atoms with E-state index in [1.165, 1.54) is 30.3 Å². The predicted molar refractivity (Wildman–Crippen MR) is 88.2 cm³/mol. The molecule has 1 aromatic heterocycles. The van der Waals surface area contributed by atoms with Crippen LogP contribution in [0, 0.1) is 0 Å². The number of aromatic nitrogens is 2. The summed E-state index contributed by atoms with van der Waals surface area (Å²) in [7, 11) is 0. The molecule has 0 aliphatic heterocycles. The van der Waals surface area contributed by atoms with Crippen molar-refractivity contribution in [2.24, 2.45) is 0 Å². The number of fused-ring (bicyclic) bond motifs is 1. The Bertz CT molecular complexity index is 720. The van der Waals surface area contributed by atoms with Gasteiger partial charge in [0.25, 0.3) is 0 Å². The van der Waals surface area contributed by atoms with E-state index in [2.05, 4.69) is 37.3 Å². The topological polar surface area (TPSA) is 25.8 Å². The molecule has 0 aliphatic rings. The summed E-state index contributed by atoms with van der Waals surface area (Å²) in [4.78, 5) is 9.56. The molecule has 2 nitrogen and oxygen atoms in total. The van der Waals surface area contributed by atoms with Crippen LogP contribution in [0.25, 0.3) is 22.3 Å². The van der Waals surface area contributed by atoms with E-state index < -0.39 is 0 Å². The van der Waals surface area contributed by atoms with Crippen LogP contribution in [0.15, 0.2) is 54.6 Å². The Balaban J connectivity index is 2.06. The molecule has 1 heterocycles. The summed E-state index contributed by atoms with van der Waals surface area (Å²) in [6.07, 6.45) is 4.69. The van der Waals surface area contributed by atoms with Gasteiger partial charge in [-0.05, 0) is 18.9 Å². The van der Waals surface area contributed by atoms with Gasteiger partial charge in [0.15, 0.2) is 5.82 Å². The Hall–Kier alpha value is -2.22. The second-order valence-corrected chi connectivity index (χ2v) is 5.33. The summed E-state index contributed by atoms with van der Waals surface area (Å²) in [6.45, 7) is 2.23. The van der Waals surface area contributed by atoms with Crippen LogP contribution in [0.1, 0.15) is 31.9 Å². The van der Waals surface area contributed by atoms with Crippen LogP contribution >= 0.6 is 0 Å². The first kappa shape index (κ1) is 13.7. The average Bonchev–Trinajstić information content (AvgIpc) is 2.55. The van der Waals surface area contributed by atoms with Crippen LogP contribution in [-0.2, 0) is 6.42 Å². The predicted octanol–water partition coefficient (Wildman–Crippen LogP) is 5.03. The van der Waals surface area contributed by atoms with Crippen LogP contribution in [0.5, 0.6) is 0 Å². The molecule has 0 fully saturated rings. The lowest BCUT2D eigenvalue weighted by molar-refractivity contribution is 0.710. The third-order valence-corrected chi connectivity index (χ3v) is 3.73. The van der Waals surface area contributed by atoms with Crippen LogP contribution in [0.2, 0.25) is 0 Å². The van der Waals surface area contributed by atoms with Gasteiger partial charge in [-0.15, -0.1) is 0 Å². The minimum Gasteiger partial charge on any atom is -0.232 e. The van der Waals surface area contributed by atoms with Crippen molar-refractivity contribution in [2.75, 3.05) is 0 Å². The first-order valence-electron chi connectivity index (χ1n) is 7.69. The second-order valence-electron chi connectivity index (χ2n) is 5.33. The van der Waals surface area contributed by atoms with Crippen molar-refractivity contribution >= 4 is 10.9 Å². The fraction of sp³-hybridized carbons (Fsp3) is 0.263.